The Kier molecular flexibility index (Phi) is 5.86. The third-order valence-corrected chi connectivity index (χ3v) is 5.47. The molecule has 4 aromatic rings. The molecule has 0 fully saturated rings. The first kappa shape index (κ1) is 19.1. The zero-order valence-corrected chi connectivity index (χ0v) is 16.8. The maximum atomic E-state index is 12.2. The van der Waals surface area contributed by atoms with Crippen LogP contribution in [0.15, 0.2) is 76.5 Å². The number of para-hydroxylation sites is 2. The third-order valence-electron chi connectivity index (χ3n) is 4.49. The number of nitrogens with one attached hydrogen (secondary N) is 1. The number of furan rings is 1. The summed E-state index contributed by atoms with van der Waals surface area (Å²) in [4.78, 5) is 17.0. The number of thioether (sulfide) groups is 1. The van der Waals surface area contributed by atoms with E-state index in [2.05, 4.69) is 9.88 Å². The Labute approximate surface area is 172 Å². The summed E-state index contributed by atoms with van der Waals surface area (Å²) in [5.74, 6) is 1.78. The van der Waals surface area contributed by atoms with Crippen LogP contribution < -0.4 is 10.1 Å². The van der Waals surface area contributed by atoms with Crippen LogP contribution in [0.25, 0.3) is 11.0 Å². The summed E-state index contributed by atoms with van der Waals surface area (Å²) >= 11 is 1.43. The second kappa shape index (κ2) is 8.87. The molecule has 29 heavy (non-hydrogen) atoms. The van der Waals surface area contributed by atoms with Gasteiger partial charge in [-0.2, -0.15) is 0 Å². The number of fused-ring (bicyclic) bond motifs is 1. The van der Waals surface area contributed by atoms with Crippen LogP contribution in [-0.2, 0) is 17.9 Å². The summed E-state index contributed by atoms with van der Waals surface area (Å²) in [5.41, 5.74) is 3.10. The Morgan fingerprint density at radius 2 is 1.97 bits per heavy atom. The van der Waals surface area contributed by atoms with Gasteiger partial charge in [-0.05, 0) is 42.0 Å². The normalized spacial score (nSPS) is 10.9. The van der Waals surface area contributed by atoms with Gasteiger partial charge in [-0.1, -0.05) is 36.0 Å². The van der Waals surface area contributed by atoms with E-state index < -0.39 is 0 Å². The second-order valence-electron chi connectivity index (χ2n) is 6.46. The van der Waals surface area contributed by atoms with Crippen molar-refractivity contribution in [3.63, 3.8) is 0 Å². The second-order valence-corrected chi connectivity index (χ2v) is 7.40. The minimum absolute atomic E-state index is 0.0607. The molecule has 0 bridgehead atoms. The van der Waals surface area contributed by atoms with Crippen LogP contribution in [0.2, 0.25) is 0 Å². The molecule has 0 aliphatic rings. The summed E-state index contributed by atoms with van der Waals surface area (Å²) < 4.78 is 12.6. The number of ether oxygens (including phenoxy) is 1. The average Bonchev–Trinajstić information content (AvgIpc) is 3.39. The largest absolute Gasteiger partial charge is 0.497 e. The molecule has 1 amide bonds. The van der Waals surface area contributed by atoms with Crippen LogP contribution in [0.5, 0.6) is 5.75 Å². The molecule has 1 N–H and O–H groups in total. The van der Waals surface area contributed by atoms with Crippen molar-refractivity contribution < 1.29 is 13.9 Å². The van der Waals surface area contributed by atoms with Crippen molar-refractivity contribution in [1.82, 2.24) is 14.9 Å². The lowest BCUT2D eigenvalue weighted by Gasteiger charge is -2.10. The predicted molar refractivity (Wildman–Crippen MR) is 113 cm³/mol. The van der Waals surface area contributed by atoms with E-state index in [1.165, 1.54) is 11.8 Å². The minimum atomic E-state index is -0.0607. The molecule has 2 aromatic heterocycles. The highest BCUT2D eigenvalue weighted by atomic mass is 32.2. The smallest absolute Gasteiger partial charge is 0.230 e. The Bertz CT molecular complexity index is 1090. The summed E-state index contributed by atoms with van der Waals surface area (Å²) in [6.07, 6.45) is 1.60. The zero-order chi connectivity index (χ0) is 20.1. The fraction of sp³-hybridized carbons (Fsp3) is 0.182. The number of amides is 1. The van der Waals surface area contributed by atoms with Gasteiger partial charge in [0.15, 0.2) is 5.16 Å². The minimum Gasteiger partial charge on any atom is -0.497 e. The Morgan fingerprint density at radius 3 is 2.72 bits per heavy atom. The van der Waals surface area contributed by atoms with Crippen molar-refractivity contribution >= 4 is 28.7 Å². The maximum Gasteiger partial charge on any atom is 0.230 e. The van der Waals surface area contributed by atoms with Gasteiger partial charge in [-0.3, -0.25) is 4.79 Å². The summed E-state index contributed by atoms with van der Waals surface area (Å²) in [7, 11) is 1.66. The Hall–Kier alpha value is -3.19. The standard InChI is InChI=1S/C22H21N3O3S/c1-27-17-10-8-16(9-11-17)14-25-20-7-3-2-6-19(20)24-22(25)29-15-21(26)23-13-18-5-4-12-28-18/h2-12H,13-15H2,1H3,(H,23,26). The van der Waals surface area contributed by atoms with Crippen LogP contribution in [-0.4, -0.2) is 28.3 Å². The molecular formula is C22H21N3O3S. The first-order valence-electron chi connectivity index (χ1n) is 9.23. The zero-order valence-electron chi connectivity index (χ0n) is 16.0. The SMILES string of the molecule is COc1ccc(Cn2c(SCC(=O)NCc3ccco3)nc3ccccc32)cc1. The van der Waals surface area contributed by atoms with Crippen LogP contribution in [0, 0.1) is 0 Å². The number of benzene rings is 2. The van der Waals surface area contributed by atoms with Gasteiger partial charge in [0.1, 0.15) is 11.5 Å². The fourth-order valence-electron chi connectivity index (χ4n) is 3.01. The van der Waals surface area contributed by atoms with Crippen molar-refractivity contribution in [1.29, 1.82) is 0 Å². The number of methoxy groups -OCH3 is 1. The molecule has 6 nitrogen and oxygen atoms in total. The molecule has 0 saturated carbocycles. The Balaban J connectivity index is 1.49. The van der Waals surface area contributed by atoms with Gasteiger partial charge in [-0.15, -0.1) is 0 Å². The number of nitrogens with zero attached hydrogens (tertiary/aromatic N) is 2. The van der Waals surface area contributed by atoms with Crippen LogP contribution in [0.3, 0.4) is 0 Å². The highest BCUT2D eigenvalue weighted by molar-refractivity contribution is 7.99. The average molecular weight is 407 g/mol. The lowest BCUT2D eigenvalue weighted by molar-refractivity contribution is -0.118. The van der Waals surface area contributed by atoms with Crippen LogP contribution >= 0.6 is 11.8 Å². The van der Waals surface area contributed by atoms with Gasteiger partial charge in [0.05, 0.1) is 43.2 Å². The summed E-state index contributed by atoms with van der Waals surface area (Å²) in [6.45, 7) is 1.05. The number of hydrogen-bond acceptors (Lipinski definition) is 5. The molecule has 0 saturated heterocycles. The van der Waals surface area contributed by atoms with Gasteiger partial charge < -0.3 is 19.0 Å². The van der Waals surface area contributed by atoms with Gasteiger partial charge >= 0.3 is 0 Å². The Morgan fingerprint density at radius 1 is 1.14 bits per heavy atom. The number of hydrogen-bond donors (Lipinski definition) is 1. The van der Waals surface area contributed by atoms with E-state index in [4.69, 9.17) is 14.1 Å². The molecule has 148 valence electrons. The molecule has 0 unspecified atom stereocenters. The molecule has 0 aliphatic carbocycles. The molecule has 7 heteroatoms. The highest BCUT2D eigenvalue weighted by Crippen LogP contribution is 2.25. The third kappa shape index (κ3) is 4.63. The first-order valence-corrected chi connectivity index (χ1v) is 10.2. The molecule has 0 spiro atoms. The van der Waals surface area contributed by atoms with Gasteiger partial charge in [0.25, 0.3) is 0 Å². The predicted octanol–water partition coefficient (Wildman–Crippen LogP) is 4.09. The summed E-state index contributed by atoms with van der Waals surface area (Å²) in [5, 5.41) is 3.68. The van der Waals surface area contributed by atoms with Gasteiger partial charge in [0, 0.05) is 0 Å². The first-order chi connectivity index (χ1) is 14.2. The lowest BCUT2D eigenvalue weighted by Crippen LogP contribution is -2.24. The molecule has 2 heterocycles. The van der Waals surface area contributed by atoms with E-state index >= 15 is 0 Å². The van der Waals surface area contributed by atoms with E-state index in [1.54, 1.807) is 19.4 Å². The van der Waals surface area contributed by atoms with Gasteiger partial charge in [0.2, 0.25) is 5.91 Å². The van der Waals surface area contributed by atoms with Crippen molar-refractivity contribution in [2.75, 3.05) is 12.9 Å². The van der Waals surface area contributed by atoms with E-state index in [-0.39, 0.29) is 11.7 Å². The highest BCUT2D eigenvalue weighted by Gasteiger charge is 2.13. The van der Waals surface area contributed by atoms with Crippen LogP contribution in [0.1, 0.15) is 11.3 Å². The van der Waals surface area contributed by atoms with E-state index in [1.807, 2.05) is 54.6 Å². The topological polar surface area (TPSA) is 69.3 Å². The van der Waals surface area contributed by atoms with Crippen molar-refractivity contribution in [2.24, 2.45) is 0 Å². The monoisotopic (exact) mass is 407 g/mol. The molecule has 4 rings (SSSR count). The molecular weight excluding hydrogens is 386 g/mol. The van der Waals surface area contributed by atoms with E-state index in [0.29, 0.717) is 13.1 Å². The maximum absolute atomic E-state index is 12.2. The van der Waals surface area contributed by atoms with Crippen molar-refractivity contribution in [2.45, 2.75) is 18.2 Å². The fourth-order valence-corrected chi connectivity index (χ4v) is 3.85. The number of carbonyl (C=O) groups is 1. The molecule has 0 radical (unpaired) electrons. The van der Waals surface area contributed by atoms with Crippen molar-refractivity contribution in [3.8, 4) is 5.75 Å². The number of carbonyl (C=O) groups excluding carboxylic acids is 1. The van der Waals surface area contributed by atoms with Gasteiger partial charge in [-0.25, -0.2) is 4.98 Å². The van der Waals surface area contributed by atoms with Crippen molar-refractivity contribution in [3.05, 3.63) is 78.3 Å². The molecule has 0 atom stereocenters. The van der Waals surface area contributed by atoms with E-state index in [9.17, 15) is 4.79 Å². The number of rotatable bonds is 8. The lowest BCUT2D eigenvalue weighted by atomic mass is 10.2. The summed E-state index contributed by atoms with van der Waals surface area (Å²) in [6, 6.07) is 19.6. The van der Waals surface area contributed by atoms with E-state index in [0.717, 1.165) is 33.3 Å². The quantitative estimate of drug-likeness (QED) is 0.446. The molecule has 2 aromatic carbocycles. The number of imidazole rings is 1. The number of aromatic nitrogens is 2. The van der Waals surface area contributed by atoms with Crippen LogP contribution in [0.4, 0.5) is 0 Å². The molecule has 0 aliphatic heterocycles.